The summed E-state index contributed by atoms with van der Waals surface area (Å²) < 4.78 is 87.8. The van der Waals surface area contributed by atoms with Gasteiger partial charge in [-0.1, -0.05) is 322 Å². The van der Waals surface area contributed by atoms with Gasteiger partial charge >= 0.3 is 61.6 Å². The number of ether oxygens (including phenoxy) is 4. The first-order chi connectivity index (χ1) is 41.6. The van der Waals surface area contributed by atoms with Gasteiger partial charge in [-0.25, -0.2) is 36.0 Å². The van der Waals surface area contributed by atoms with Gasteiger partial charge in [-0.05, 0) is 49.9 Å². The van der Waals surface area contributed by atoms with Crippen LogP contribution >= 0.6 is 0 Å². The maximum Gasteiger partial charge on any atom is 2.00 e. The normalized spacial score (nSPS) is 12.1. The van der Waals surface area contributed by atoms with Crippen LogP contribution in [-0.4, -0.2) is 112 Å². The zero-order chi connectivity index (χ0) is 63.2. The number of esters is 4. The molecule has 14 nitrogen and oxygen atoms in total. The molecular formula is C70H118CaO14S2. The van der Waals surface area contributed by atoms with Crippen LogP contribution in [-0.2, 0) is 39.2 Å². The second-order valence-corrected chi connectivity index (χ2v) is 26.7. The summed E-state index contributed by atoms with van der Waals surface area (Å²) in [7, 11) is -9.61. The van der Waals surface area contributed by atoms with Gasteiger partial charge in [0.1, 0.15) is 20.2 Å². The Morgan fingerprint density at radius 1 is 0.310 bits per heavy atom. The van der Waals surface area contributed by atoms with E-state index in [9.17, 15) is 45.1 Å². The van der Waals surface area contributed by atoms with Crippen molar-refractivity contribution in [3.8, 4) is 0 Å². The van der Waals surface area contributed by atoms with E-state index >= 15 is 0 Å². The molecular weight excluding hydrogens is 1170 g/mol. The van der Waals surface area contributed by atoms with Crippen molar-refractivity contribution in [2.45, 2.75) is 334 Å². The standard InChI is InChI=1S/2C35H60O7S.Ca/c2*1-3-5-6-7-8-9-10-11-12-13-14-15-16-17-18-19-20-21-22-23-24-27-30-41-34(36)31-28-25-26-29-32(31)35(37)42-33(4-2)43(38,39)40;/h2*25-26,28-29,33H,3-24,27,30H2,1-2H3,(H,38,39,40);/q;;+2/p-2. The molecule has 2 aromatic rings. The molecule has 0 saturated carbocycles. The smallest absolute Gasteiger partial charge is 0.745 e. The first-order valence-electron chi connectivity index (χ1n) is 34.5. The fourth-order valence-corrected chi connectivity index (χ4v) is 11.9. The Balaban J connectivity index is 0.00000168. The number of rotatable bonds is 56. The van der Waals surface area contributed by atoms with Crippen LogP contribution in [0.4, 0.5) is 0 Å². The van der Waals surface area contributed by atoms with Gasteiger partial charge in [0.25, 0.3) is 0 Å². The maximum atomic E-state index is 12.5. The van der Waals surface area contributed by atoms with Crippen LogP contribution in [0.2, 0.25) is 0 Å². The van der Waals surface area contributed by atoms with Gasteiger partial charge in [-0.2, -0.15) is 0 Å². The monoisotopic (exact) mass is 1290 g/mol. The van der Waals surface area contributed by atoms with Gasteiger partial charge in [0.2, 0.25) is 0 Å². The first-order valence-corrected chi connectivity index (χ1v) is 37.4. The predicted octanol–water partition coefficient (Wildman–Crippen LogP) is 19.4. The minimum absolute atomic E-state index is 0. The third kappa shape index (κ3) is 46.2. The van der Waals surface area contributed by atoms with Crippen molar-refractivity contribution in [2.24, 2.45) is 0 Å². The molecule has 0 aliphatic rings. The van der Waals surface area contributed by atoms with E-state index in [0.717, 1.165) is 38.5 Å². The molecule has 0 saturated heterocycles. The SMILES string of the molecule is CCCCCCCCCCCCCCCCCCCCCCCCOC(=O)c1ccccc1C(=O)OC(CC)S(=O)(=O)[O-].CCCCCCCCCCCCCCCCCCCCCCCCOC(=O)c1ccccc1C(=O)OC(CC)S(=O)(=O)[O-].[Ca+2]. The van der Waals surface area contributed by atoms with Crippen LogP contribution in [0.3, 0.4) is 0 Å². The van der Waals surface area contributed by atoms with Crippen molar-refractivity contribution in [1.82, 2.24) is 0 Å². The number of hydrogen-bond acceptors (Lipinski definition) is 14. The quantitative estimate of drug-likeness (QED) is 0.0198. The van der Waals surface area contributed by atoms with E-state index in [1.165, 1.54) is 294 Å². The average molecular weight is 1290 g/mol. The fourth-order valence-electron chi connectivity index (χ4n) is 10.6. The maximum absolute atomic E-state index is 12.5. The number of carbonyl (C=O) groups is 4. The van der Waals surface area contributed by atoms with Crippen molar-refractivity contribution < 1.29 is 64.1 Å². The van der Waals surface area contributed by atoms with Crippen molar-refractivity contribution >= 4 is 81.9 Å². The predicted molar refractivity (Wildman–Crippen MR) is 352 cm³/mol. The summed E-state index contributed by atoms with van der Waals surface area (Å²) in [6.45, 7) is 7.89. The fraction of sp³-hybridized carbons (Fsp3) is 0.771. The Hall–Kier alpha value is -2.60. The third-order valence-electron chi connectivity index (χ3n) is 16.0. The Bertz CT molecular complexity index is 2080. The summed E-state index contributed by atoms with van der Waals surface area (Å²) in [6, 6.07) is 11.8. The summed E-state index contributed by atoms with van der Waals surface area (Å²) in [5, 5.41) is 0. The van der Waals surface area contributed by atoms with Crippen LogP contribution < -0.4 is 0 Å². The van der Waals surface area contributed by atoms with Gasteiger partial charge in [-0.15, -0.1) is 0 Å². The van der Waals surface area contributed by atoms with Crippen LogP contribution in [0.15, 0.2) is 48.5 Å². The van der Waals surface area contributed by atoms with Gasteiger partial charge in [0.15, 0.2) is 10.9 Å². The summed E-state index contributed by atoms with van der Waals surface area (Å²) in [5.74, 6) is -3.42. The molecule has 2 atom stereocenters. The van der Waals surface area contributed by atoms with Crippen molar-refractivity contribution in [3.63, 3.8) is 0 Å². The second kappa shape index (κ2) is 57.3. The average Bonchev–Trinajstić information content (AvgIpc) is 3.11. The van der Waals surface area contributed by atoms with Gasteiger partial charge < -0.3 is 28.1 Å². The van der Waals surface area contributed by atoms with Crippen molar-refractivity contribution in [2.75, 3.05) is 13.2 Å². The molecule has 2 rings (SSSR count). The number of hydrogen-bond donors (Lipinski definition) is 0. The minimum atomic E-state index is -4.80. The molecule has 0 amide bonds. The van der Waals surface area contributed by atoms with E-state index < -0.39 is 55.0 Å². The Morgan fingerprint density at radius 3 is 0.655 bits per heavy atom. The van der Waals surface area contributed by atoms with E-state index in [-0.39, 0.29) is 86.0 Å². The topological polar surface area (TPSA) is 220 Å². The molecule has 87 heavy (non-hydrogen) atoms. The van der Waals surface area contributed by atoms with Crippen LogP contribution in [0.25, 0.3) is 0 Å². The summed E-state index contributed by atoms with van der Waals surface area (Å²) in [4.78, 5) is 49.9. The van der Waals surface area contributed by atoms with E-state index in [1.807, 2.05) is 0 Å². The Kier molecular flexibility index (Phi) is 55.6. The summed E-state index contributed by atoms with van der Waals surface area (Å²) in [6.07, 6.45) is 57.3. The van der Waals surface area contributed by atoms with Crippen molar-refractivity contribution in [3.05, 3.63) is 70.8 Å². The molecule has 0 heterocycles. The molecule has 0 N–H and O–H groups in total. The molecule has 0 aliphatic heterocycles. The number of unbranched alkanes of at least 4 members (excludes halogenated alkanes) is 42. The van der Waals surface area contributed by atoms with Gasteiger partial charge in [-0.3, -0.25) is 0 Å². The Labute approximate surface area is 559 Å². The van der Waals surface area contributed by atoms with Crippen LogP contribution in [0.5, 0.6) is 0 Å². The molecule has 0 radical (unpaired) electrons. The zero-order valence-corrected chi connectivity index (χ0v) is 58.8. The van der Waals surface area contributed by atoms with Crippen LogP contribution in [0.1, 0.15) is 364 Å². The molecule has 0 aromatic heterocycles. The molecule has 0 aliphatic carbocycles. The zero-order valence-electron chi connectivity index (χ0n) is 55.0. The Morgan fingerprint density at radius 2 is 0.483 bits per heavy atom. The second-order valence-electron chi connectivity index (χ2n) is 23.7. The van der Waals surface area contributed by atoms with E-state index in [0.29, 0.717) is 0 Å². The van der Waals surface area contributed by atoms with Gasteiger partial charge in [0.05, 0.1) is 35.5 Å². The number of carbonyl (C=O) groups excluding carboxylic acids is 4. The first kappa shape index (κ1) is 84.4. The summed E-state index contributed by atoms with van der Waals surface area (Å²) in [5.41, 5.74) is -3.86. The molecule has 496 valence electrons. The third-order valence-corrected chi connectivity index (χ3v) is 18.1. The molecule has 0 spiro atoms. The van der Waals surface area contributed by atoms with E-state index in [2.05, 4.69) is 13.8 Å². The summed E-state index contributed by atoms with van der Waals surface area (Å²) >= 11 is 0. The van der Waals surface area contributed by atoms with Crippen LogP contribution in [0, 0.1) is 0 Å². The molecule has 17 heteroatoms. The molecule has 0 fully saturated rings. The van der Waals surface area contributed by atoms with Crippen molar-refractivity contribution in [1.29, 1.82) is 0 Å². The van der Waals surface area contributed by atoms with Gasteiger partial charge in [0, 0.05) is 0 Å². The minimum Gasteiger partial charge on any atom is -0.745 e. The largest absolute Gasteiger partial charge is 2.00 e. The number of benzene rings is 2. The molecule has 0 bridgehead atoms. The van der Waals surface area contributed by atoms with E-state index in [4.69, 9.17) is 18.9 Å². The molecule has 2 aromatic carbocycles. The molecule has 2 unspecified atom stereocenters. The van der Waals surface area contributed by atoms with E-state index in [1.54, 1.807) is 12.1 Å².